The molecule has 104 valence electrons. The molecule has 0 aromatic carbocycles. The van der Waals surface area contributed by atoms with E-state index in [2.05, 4.69) is 4.90 Å². The summed E-state index contributed by atoms with van der Waals surface area (Å²) in [6.45, 7) is 2.99. The maximum Gasteiger partial charge on any atom is 0.308 e. The largest absolute Gasteiger partial charge is 0.481 e. The first-order valence-corrected chi connectivity index (χ1v) is 8.46. The van der Waals surface area contributed by atoms with Crippen LogP contribution in [-0.4, -0.2) is 47.1 Å². The Kier molecular flexibility index (Phi) is 5.83. The molecule has 1 unspecified atom stereocenters. The number of carbonyl (C=O) groups is 1. The first-order valence-electron chi connectivity index (χ1n) is 7.30. The Bertz CT molecular complexity index is 259. The normalized spacial score (nSPS) is 25.6. The number of nitrogens with zero attached hydrogens (tertiary/aromatic N) is 1. The van der Waals surface area contributed by atoms with Crippen LogP contribution in [0, 0.1) is 11.8 Å². The maximum absolute atomic E-state index is 11.5. The summed E-state index contributed by atoms with van der Waals surface area (Å²) in [5, 5.41) is 9.49. The molecule has 2 saturated heterocycles. The van der Waals surface area contributed by atoms with Gasteiger partial charge in [-0.1, -0.05) is 12.8 Å². The lowest BCUT2D eigenvalue weighted by Crippen LogP contribution is -2.38. The van der Waals surface area contributed by atoms with Crippen molar-refractivity contribution in [2.24, 2.45) is 11.8 Å². The lowest BCUT2D eigenvalue weighted by Gasteiger charge is -2.31. The molecule has 0 amide bonds. The minimum Gasteiger partial charge on any atom is -0.481 e. The number of carboxylic acid groups (broad SMARTS) is 1. The van der Waals surface area contributed by atoms with Crippen LogP contribution in [0.1, 0.15) is 38.5 Å². The van der Waals surface area contributed by atoms with E-state index < -0.39 is 5.97 Å². The highest BCUT2D eigenvalue weighted by molar-refractivity contribution is 7.99. The van der Waals surface area contributed by atoms with Crippen molar-refractivity contribution in [3.8, 4) is 0 Å². The average Bonchev–Trinajstić information content (AvgIpc) is 2.65. The highest BCUT2D eigenvalue weighted by Crippen LogP contribution is 2.30. The summed E-state index contributed by atoms with van der Waals surface area (Å²) in [4.78, 5) is 13.9. The molecule has 1 atom stereocenters. The molecule has 1 N–H and O–H groups in total. The molecule has 4 heteroatoms. The molecular weight excluding hydrogens is 246 g/mol. The fraction of sp³-hybridized carbons (Fsp3) is 0.929. The van der Waals surface area contributed by atoms with E-state index >= 15 is 0 Å². The van der Waals surface area contributed by atoms with Crippen LogP contribution in [0.25, 0.3) is 0 Å². The molecule has 18 heavy (non-hydrogen) atoms. The highest BCUT2D eigenvalue weighted by atomic mass is 32.2. The molecule has 0 aliphatic carbocycles. The molecular formula is C14H25NO2S. The van der Waals surface area contributed by atoms with E-state index in [-0.39, 0.29) is 5.92 Å². The molecule has 2 fully saturated rings. The second-order valence-electron chi connectivity index (χ2n) is 5.61. The predicted molar refractivity (Wildman–Crippen MR) is 76.1 cm³/mol. The van der Waals surface area contributed by atoms with Gasteiger partial charge in [0.2, 0.25) is 0 Å². The van der Waals surface area contributed by atoms with Crippen LogP contribution in [0.4, 0.5) is 0 Å². The van der Waals surface area contributed by atoms with E-state index in [0.29, 0.717) is 5.92 Å². The highest BCUT2D eigenvalue weighted by Gasteiger charge is 2.31. The zero-order chi connectivity index (χ0) is 12.8. The second kappa shape index (κ2) is 7.39. The third kappa shape index (κ3) is 4.16. The lowest BCUT2D eigenvalue weighted by molar-refractivity contribution is -0.144. The summed E-state index contributed by atoms with van der Waals surface area (Å²) in [6.07, 6.45) is 7.30. The smallest absolute Gasteiger partial charge is 0.308 e. The van der Waals surface area contributed by atoms with Crippen molar-refractivity contribution in [3.05, 3.63) is 0 Å². The van der Waals surface area contributed by atoms with Gasteiger partial charge in [0.1, 0.15) is 0 Å². The van der Waals surface area contributed by atoms with E-state index in [1.165, 1.54) is 25.7 Å². The molecule has 0 aromatic heterocycles. The SMILES string of the molecule is O=C(O)C(CN1CCCCCC1)C1CCSCC1. The summed E-state index contributed by atoms with van der Waals surface area (Å²) >= 11 is 1.97. The van der Waals surface area contributed by atoms with E-state index in [0.717, 1.165) is 44.0 Å². The van der Waals surface area contributed by atoms with Gasteiger partial charge < -0.3 is 10.0 Å². The van der Waals surface area contributed by atoms with E-state index in [1.807, 2.05) is 11.8 Å². The molecule has 2 aliphatic rings. The summed E-state index contributed by atoms with van der Waals surface area (Å²) in [5.74, 6) is 2.00. The molecule has 0 aromatic rings. The van der Waals surface area contributed by atoms with Crippen molar-refractivity contribution < 1.29 is 9.90 Å². The van der Waals surface area contributed by atoms with E-state index in [1.54, 1.807) is 0 Å². The summed E-state index contributed by atoms with van der Waals surface area (Å²) in [6, 6.07) is 0. The summed E-state index contributed by atoms with van der Waals surface area (Å²) < 4.78 is 0. The zero-order valence-electron chi connectivity index (χ0n) is 11.1. The number of aliphatic carboxylic acids is 1. The molecule has 0 saturated carbocycles. The predicted octanol–water partition coefficient (Wildman–Crippen LogP) is 2.71. The summed E-state index contributed by atoms with van der Waals surface area (Å²) in [5.41, 5.74) is 0. The van der Waals surface area contributed by atoms with Crippen molar-refractivity contribution in [1.29, 1.82) is 0 Å². The molecule has 0 radical (unpaired) electrons. The Labute approximate surface area is 114 Å². The van der Waals surface area contributed by atoms with Gasteiger partial charge in [0.25, 0.3) is 0 Å². The maximum atomic E-state index is 11.5. The third-order valence-electron chi connectivity index (χ3n) is 4.31. The van der Waals surface area contributed by atoms with Gasteiger partial charge in [-0.05, 0) is 56.2 Å². The fourth-order valence-corrected chi connectivity index (χ4v) is 4.29. The minimum absolute atomic E-state index is 0.135. The second-order valence-corrected chi connectivity index (χ2v) is 6.83. The van der Waals surface area contributed by atoms with Gasteiger partial charge in [-0.3, -0.25) is 4.79 Å². The minimum atomic E-state index is -0.573. The van der Waals surface area contributed by atoms with E-state index in [9.17, 15) is 9.90 Å². The van der Waals surface area contributed by atoms with Crippen molar-refractivity contribution in [2.45, 2.75) is 38.5 Å². The van der Waals surface area contributed by atoms with Gasteiger partial charge >= 0.3 is 5.97 Å². The summed E-state index contributed by atoms with van der Waals surface area (Å²) in [7, 11) is 0. The number of thioether (sulfide) groups is 1. The lowest BCUT2D eigenvalue weighted by atomic mass is 9.87. The Morgan fingerprint density at radius 3 is 2.33 bits per heavy atom. The topological polar surface area (TPSA) is 40.5 Å². The number of carboxylic acids is 1. The van der Waals surface area contributed by atoms with Crippen LogP contribution in [-0.2, 0) is 4.79 Å². The number of likely N-dealkylation sites (tertiary alicyclic amines) is 1. The van der Waals surface area contributed by atoms with Crippen LogP contribution in [0.3, 0.4) is 0 Å². The number of rotatable bonds is 4. The molecule has 3 nitrogen and oxygen atoms in total. The molecule has 0 bridgehead atoms. The third-order valence-corrected chi connectivity index (χ3v) is 5.35. The van der Waals surface area contributed by atoms with Crippen LogP contribution < -0.4 is 0 Å². The van der Waals surface area contributed by atoms with Gasteiger partial charge in [0, 0.05) is 6.54 Å². The van der Waals surface area contributed by atoms with Crippen molar-refractivity contribution in [1.82, 2.24) is 4.90 Å². The van der Waals surface area contributed by atoms with Crippen LogP contribution in [0.2, 0.25) is 0 Å². The number of hydrogen-bond acceptors (Lipinski definition) is 3. The Morgan fingerprint density at radius 1 is 1.17 bits per heavy atom. The molecule has 2 heterocycles. The van der Waals surface area contributed by atoms with Crippen LogP contribution >= 0.6 is 11.8 Å². The van der Waals surface area contributed by atoms with Crippen molar-refractivity contribution >= 4 is 17.7 Å². The van der Waals surface area contributed by atoms with Gasteiger partial charge in [-0.2, -0.15) is 11.8 Å². The fourth-order valence-electron chi connectivity index (χ4n) is 3.14. The van der Waals surface area contributed by atoms with Gasteiger partial charge in [0.15, 0.2) is 0 Å². The van der Waals surface area contributed by atoms with Gasteiger partial charge in [-0.25, -0.2) is 0 Å². The Balaban J connectivity index is 1.89. The van der Waals surface area contributed by atoms with Gasteiger partial charge in [0.05, 0.1) is 5.92 Å². The van der Waals surface area contributed by atoms with Gasteiger partial charge in [-0.15, -0.1) is 0 Å². The average molecular weight is 271 g/mol. The number of hydrogen-bond donors (Lipinski definition) is 1. The Morgan fingerprint density at radius 2 is 1.78 bits per heavy atom. The molecule has 2 rings (SSSR count). The molecule has 0 spiro atoms. The Hall–Kier alpha value is -0.220. The van der Waals surface area contributed by atoms with E-state index in [4.69, 9.17) is 0 Å². The first-order chi connectivity index (χ1) is 8.77. The molecule has 2 aliphatic heterocycles. The van der Waals surface area contributed by atoms with Crippen molar-refractivity contribution in [2.75, 3.05) is 31.1 Å². The van der Waals surface area contributed by atoms with Crippen LogP contribution in [0.5, 0.6) is 0 Å². The zero-order valence-corrected chi connectivity index (χ0v) is 12.0. The first kappa shape index (κ1) is 14.2. The van der Waals surface area contributed by atoms with Crippen molar-refractivity contribution in [3.63, 3.8) is 0 Å². The standard InChI is InChI=1S/C14H25NO2S/c16-14(17)13(12-5-9-18-10-6-12)11-15-7-3-1-2-4-8-15/h12-13H,1-11H2,(H,16,17). The van der Waals surface area contributed by atoms with Crippen LogP contribution in [0.15, 0.2) is 0 Å². The monoisotopic (exact) mass is 271 g/mol. The quantitative estimate of drug-likeness (QED) is 0.853.